The van der Waals surface area contributed by atoms with Gasteiger partial charge in [-0.3, -0.25) is 4.79 Å². The van der Waals surface area contributed by atoms with Gasteiger partial charge in [-0.1, -0.05) is 18.6 Å². The van der Waals surface area contributed by atoms with Crippen molar-refractivity contribution >= 4 is 22.5 Å². The second-order valence-corrected chi connectivity index (χ2v) is 4.31. The van der Waals surface area contributed by atoms with Crippen LogP contribution in [0.3, 0.4) is 0 Å². The highest BCUT2D eigenvalue weighted by molar-refractivity contribution is 6.11. The summed E-state index contributed by atoms with van der Waals surface area (Å²) >= 11 is 0. The Morgan fingerprint density at radius 2 is 2.19 bits per heavy atom. The van der Waals surface area contributed by atoms with Crippen LogP contribution in [0.1, 0.15) is 24.2 Å². The second kappa shape index (κ2) is 6.49. The van der Waals surface area contributed by atoms with E-state index in [1.165, 1.54) is 6.33 Å². The molecule has 1 aromatic carbocycles. The second-order valence-electron chi connectivity index (χ2n) is 4.31. The van der Waals surface area contributed by atoms with Crippen LogP contribution in [-0.2, 0) is 0 Å². The Bertz CT molecular complexity index is 795. The van der Waals surface area contributed by atoms with E-state index >= 15 is 0 Å². The van der Waals surface area contributed by atoms with Gasteiger partial charge >= 0.3 is 0 Å². The van der Waals surface area contributed by atoms with E-state index in [1.807, 2.05) is 19.1 Å². The van der Waals surface area contributed by atoms with E-state index < -0.39 is 0 Å². The quantitative estimate of drug-likeness (QED) is 0.403. The number of carbonyl (C=O) groups is 1. The van der Waals surface area contributed by atoms with Gasteiger partial charge in [-0.15, -0.1) is 0 Å². The lowest BCUT2D eigenvalue weighted by molar-refractivity contribution is 0.105. The average molecular weight is 277 g/mol. The zero-order valence-electron chi connectivity index (χ0n) is 12.0. The van der Waals surface area contributed by atoms with Crippen molar-refractivity contribution in [1.29, 1.82) is 0 Å². The fourth-order valence-electron chi connectivity index (χ4n) is 1.88. The fraction of sp³-hybridized carbons (Fsp3) is 0.118. The van der Waals surface area contributed by atoms with Gasteiger partial charge in [-0.25, -0.2) is 9.97 Å². The van der Waals surface area contributed by atoms with Crippen LogP contribution in [-0.4, -0.2) is 15.8 Å². The Morgan fingerprint density at radius 1 is 1.38 bits per heavy atom. The van der Waals surface area contributed by atoms with E-state index in [9.17, 15) is 4.79 Å². The maximum absolute atomic E-state index is 11.9. The van der Waals surface area contributed by atoms with Gasteiger partial charge in [0, 0.05) is 16.6 Å². The summed E-state index contributed by atoms with van der Waals surface area (Å²) in [6, 6.07) is 5.24. The van der Waals surface area contributed by atoms with Gasteiger partial charge in [0.25, 0.3) is 0 Å². The van der Waals surface area contributed by atoms with Crippen molar-refractivity contribution in [3.05, 3.63) is 54.5 Å². The van der Waals surface area contributed by atoms with Crippen molar-refractivity contribution in [3.8, 4) is 11.8 Å². The molecule has 2 rings (SSSR count). The number of nitrogens with one attached hydrogen (secondary N) is 1. The van der Waals surface area contributed by atoms with Crippen molar-refractivity contribution in [2.75, 3.05) is 5.32 Å². The van der Waals surface area contributed by atoms with Gasteiger partial charge in [-0.2, -0.15) is 0 Å². The number of carbonyl (C=O) groups excluding carboxylic acids is 1. The van der Waals surface area contributed by atoms with Crippen molar-refractivity contribution in [1.82, 2.24) is 9.97 Å². The van der Waals surface area contributed by atoms with Crippen molar-refractivity contribution < 1.29 is 4.79 Å². The number of aromatic nitrogens is 2. The highest BCUT2D eigenvalue weighted by atomic mass is 16.1. The van der Waals surface area contributed by atoms with Crippen LogP contribution in [0.15, 0.2) is 49.0 Å². The summed E-state index contributed by atoms with van der Waals surface area (Å²) in [7, 11) is 0. The molecule has 1 N–H and O–H groups in total. The molecule has 0 saturated carbocycles. The molecule has 0 aliphatic heterocycles. The largest absolute Gasteiger partial charge is 0.340 e. The SMILES string of the molecule is C=C(/C=C\C)Nc1ncnc2ccc(C(=O)C#CC)cc12. The average Bonchev–Trinajstić information content (AvgIpc) is 2.47. The van der Waals surface area contributed by atoms with Gasteiger partial charge in [0.15, 0.2) is 0 Å². The van der Waals surface area contributed by atoms with Crippen LogP contribution >= 0.6 is 0 Å². The number of hydrogen-bond acceptors (Lipinski definition) is 4. The molecule has 0 aliphatic rings. The summed E-state index contributed by atoms with van der Waals surface area (Å²) in [5, 5.41) is 3.86. The number of Topliss-reactive ketones (excluding diaryl/α,β-unsaturated/α-hetero) is 1. The van der Waals surface area contributed by atoms with E-state index in [4.69, 9.17) is 0 Å². The minimum absolute atomic E-state index is 0.221. The summed E-state index contributed by atoms with van der Waals surface area (Å²) in [5.74, 6) is 5.53. The molecule has 4 nitrogen and oxygen atoms in total. The number of fused-ring (bicyclic) bond motifs is 1. The maximum Gasteiger partial charge on any atom is 0.235 e. The van der Waals surface area contributed by atoms with Gasteiger partial charge in [0.05, 0.1) is 5.52 Å². The lowest BCUT2D eigenvalue weighted by Gasteiger charge is -2.08. The maximum atomic E-state index is 11.9. The minimum Gasteiger partial charge on any atom is -0.340 e. The molecule has 2 aromatic rings. The van der Waals surface area contributed by atoms with Crippen molar-refractivity contribution in [3.63, 3.8) is 0 Å². The molecule has 0 radical (unpaired) electrons. The van der Waals surface area contributed by atoms with Crippen LogP contribution in [0.2, 0.25) is 0 Å². The summed E-state index contributed by atoms with van der Waals surface area (Å²) in [4.78, 5) is 20.3. The Labute approximate surface area is 123 Å². The van der Waals surface area contributed by atoms with Gasteiger partial charge in [-0.05, 0) is 44.0 Å². The number of hydrogen-bond donors (Lipinski definition) is 1. The monoisotopic (exact) mass is 277 g/mol. The molecular formula is C17H15N3O. The zero-order chi connectivity index (χ0) is 15.2. The molecular weight excluding hydrogens is 262 g/mol. The highest BCUT2D eigenvalue weighted by Crippen LogP contribution is 2.22. The first-order valence-electron chi connectivity index (χ1n) is 6.46. The summed E-state index contributed by atoms with van der Waals surface area (Å²) < 4.78 is 0. The molecule has 0 aliphatic carbocycles. The Balaban J connectivity index is 2.50. The number of nitrogens with zero attached hydrogens (tertiary/aromatic N) is 2. The van der Waals surface area contributed by atoms with Gasteiger partial charge < -0.3 is 5.32 Å². The number of ketones is 1. The molecule has 0 unspecified atom stereocenters. The molecule has 21 heavy (non-hydrogen) atoms. The minimum atomic E-state index is -0.221. The first-order chi connectivity index (χ1) is 10.2. The topological polar surface area (TPSA) is 54.9 Å². The number of rotatable bonds is 4. The molecule has 104 valence electrons. The predicted octanol–water partition coefficient (Wildman–Crippen LogP) is 3.34. The molecule has 0 bridgehead atoms. The smallest absolute Gasteiger partial charge is 0.235 e. The molecule has 0 spiro atoms. The Hall–Kier alpha value is -2.93. The first-order valence-corrected chi connectivity index (χ1v) is 6.46. The van der Waals surface area contributed by atoms with Crippen molar-refractivity contribution in [2.24, 2.45) is 0 Å². The van der Waals surface area contributed by atoms with Crippen LogP contribution < -0.4 is 5.32 Å². The first kappa shape index (κ1) is 14.5. The summed E-state index contributed by atoms with van der Waals surface area (Å²) in [6.07, 6.45) is 5.19. The van der Waals surface area contributed by atoms with Crippen LogP contribution in [0.4, 0.5) is 5.82 Å². The number of allylic oxidation sites excluding steroid dienone is 2. The third-order valence-corrected chi connectivity index (χ3v) is 2.78. The zero-order valence-corrected chi connectivity index (χ0v) is 12.0. The van der Waals surface area contributed by atoms with Crippen LogP contribution in [0, 0.1) is 11.8 Å². The predicted molar refractivity (Wildman–Crippen MR) is 84.9 cm³/mol. The molecule has 4 heteroatoms. The number of anilines is 1. The van der Waals surface area contributed by atoms with E-state index in [1.54, 1.807) is 25.1 Å². The highest BCUT2D eigenvalue weighted by Gasteiger charge is 2.08. The molecule has 1 aromatic heterocycles. The molecule has 0 amide bonds. The Kier molecular flexibility index (Phi) is 4.47. The molecule has 0 saturated heterocycles. The van der Waals surface area contributed by atoms with E-state index in [0.717, 1.165) is 10.9 Å². The van der Waals surface area contributed by atoms with Crippen LogP contribution in [0.5, 0.6) is 0 Å². The van der Waals surface area contributed by atoms with Gasteiger partial charge in [0.1, 0.15) is 12.1 Å². The molecule has 0 atom stereocenters. The van der Waals surface area contributed by atoms with Crippen molar-refractivity contribution in [2.45, 2.75) is 13.8 Å². The third-order valence-electron chi connectivity index (χ3n) is 2.78. The van der Waals surface area contributed by atoms with E-state index in [0.29, 0.717) is 17.1 Å². The summed E-state index contributed by atoms with van der Waals surface area (Å²) in [5.41, 5.74) is 1.98. The lowest BCUT2D eigenvalue weighted by atomic mass is 10.1. The van der Waals surface area contributed by atoms with E-state index in [-0.39, 0.29) is 5.78 Å². The third kappa shape index (κ3) is 3.34. The fourth-order valence-corrected chi connectivity index (χ4v) is 1.88. The molecule has 0 fully saturated rings. The lowest BCUT2D eigenvalue weighted by Crippen LogP contribution is -2.01. The normalized spacial score (nSPS) is 10.2. The van der Waals surface area contributed by atoms with E-state index in [2.05, 4.69) is 33.7 Å². The van der Waals surface area contributed by atoms with Gasteiger partial charge in [0.2, 0.25) is 5.78 Å². The standard InChI is InChI=1S/C17H15N3O/c1-4-6-12(3)20-17-14-10-13(16(21)7-5-2)8-9-15(14)18-11-19-17/h4,6,8-11H,3H2,1-2H3,(H,18,19,20)/b6-4-. The Morgan fingerprint density at radius 3 is 2.90 bits per heavy atom. The van der Waals surface area contributed by atoms with Crippen LogP contribution in [0.25, 0.3) is 10.9 Å². The number of benzene rings is 1. The summed E-state index contributed by atoms with van der Waals surface area (Å²) in [6.45, 7) is 7.43. The molecule has 1 heterocycles.